The van der Waals surface area contributed by atoms with Crippen LogP contribution < -0.4 is 0 Å². The first kappa shape index (κ1) is 16.3. The van der Waals surface area contributed by atoms with Gasteiger partial charge in [0.15, 0.2) is 0 Å². The van der Waals surface area contributed by atoms with Crippen LogP contribution >= 0.6 is 35.3 Å². The minimum atomic E-state index is 0. The Morgan fingerprint density at radius 2 is 2.10 bits per heavy atom. The van der Waals surface area contributed by atoms with Crippen molar-refractivity contribution in [1.29, 1.82) is 0 Å². The molecule has 110 valence electrons. The molecule has 0 aliphatic carbocycles. The highest BCUT2D eigenvalue weighted by Crippen LogP contribution is 2.41. The number of benzene rings is 1. The Morgan fingerprint density at radius 3 is 2.76 bits per heavy atom. The van der Waals surface area contributed by atoms with Gasteiger partial charge in [0.2, 0.25) is 0 Å². The Morgan fingerprint density at radius 1 is 1.29 bits per heavy atom. The van der Waals surface area contributed by atoms with Gasteiger partial charge in [0.25, 0.3) is 0 Å². The molecule has 3 rings (SSSR count). The summed E-state index contributed by atoms with van der Waals surface area (Å²) in [4.78, 5) is 5.80. The second-order valence-electron chi connectivity index (χ2n) is 5.12. The van der Waals surface area contributed by atoms with E-state index < -0.39 is 0 Å². The Balaban J connectivity index is 0.00000161. The van der Waals surface area contributed by atoms with Gasteiger partial charge in [-0.2, -0.15) is 0 Å². The average molecular weight is 338 g/mol. The number of hydrogen-bond acceptors (Lipinski definition) is 2. The summed E-state index contributed by atoms with van der Waals surface area (Å²) in [5.74, 6) is 0.393. The average Bonchev–Trinajstić information content (AvgIpc) is 2.79. The lowest BCUT2D eigenvalue weighted by atomic mass is 9.87. The molecule has 0 bridgehead atoms. The van der Waals surface area contributed by atoms with E-state index in [1.807, 2.05) is 42.0 Å². The van der Waals surface area contributed by atoms with E-state index >= 15 is 0 Å². The third kappa shape index (κ3) is 3.23. The van der Waals surface area contributed by atoms with Crippen LogP contribution in [-0.4, -0.2) is 6.21 Å². The second-order valence-corrected chi connectivity index (χ2v) is 6.47. The lowest BCUT2D eigenvalue weighted by Crippen LogP contribution is -2.06. The van der Waals surface area contributed by atoms with Gasteiger partial charge in [0.1, 0.15) is 0 Å². The summed E-state index contributed by atoms with van der Waals surface area (Å²) in [6.45, 7) is 4.39. The number of hydrogen-bond donors (Lipinski definition) is 0. The van der Waals surface area contributed by atoms with Crippen LogP contribution in [0.1, 0.15) is 33.9 Å². The number of rotatable bonds is 2. The summed E-state index contributed by atoms with van der Waals surface area (Å²) in [7, 11) is 0. The minimum Gasteiger partial charge on any atom is -0.269 e. The highest BCUT2D eigenvalue weighted by molar-refractivity contribution is 7.10. The minimum absolute atomic E-state index is 0. The molecule has 1 nitrogen and oxygen atoms in total. The summed E-state index contributed by atoms with van der Waals surface area (Å²) < 4.78 is 0. The number of thiophene rings is 1. The van der Waals surface area contributed by atoms with Gasteiger partial charge in [-0.1, -0.05) is 23.7 Å². The third-order valence-electron chi connectivity index (χ3n) is 3.83. The standard InChI is InChI=1S/C17H16ClNS.ClH/c1-11-10-20-17(12(11)2)15-6-7-19-9-16(15)13-4-3-5-14(18)8-13;/h3-5,7-10,15H,6H2,1-2H3;1H. The molecule has 2 heterocycles. The molecular formula is C17H17Cl2NS. The first-order valence-electron chi connectivity index (χ1n) is 6.69. The molecule has 1 aliphatic rings. The van der Waals surface area contributed by atoms with Crippen LogP contribution in [0.2, 0.25) is 5.02 Å². The van der Waals surface area contributed by atoms with Gasteiger partial charge in [-0.15, -0.1) is 23.7 Å². The van der Waals surface area contributed by atoms with Crippen LogP contribution in [0.3, 0.4) is 0 Å². The molecule has 0 saturated heterocycles. The zero-order chi connectivity index (χ0) is 14.1. The van der Waals surface area contributed by atoms with E-state index in [9.17, 15) is 0 Å². The van der Waals surface area contributed by atoms with E-state index in [0.717, 1.165) is 11.4 Å². The molecular weight excluding hydrogens is 321 g/mol. The van der Waals surface area contributed by atoms with Gasteiger partial charge in [0.05, 0.1) is 0 Å². The van der Waals surface area contributed by atoms with Gasteiger partial charge in [0, 0.05) is 28.2 Å². The predicted octanol–water partition coefficient (Wildman–Crippen LogP) is 6.04. The lowest BCUT2D eigenvalue weighted by Gasteiger charge is -2.21. The van der Waals surface area contributed by atoms with E-state index in [0.29, 0.717) is 5.92 Å². The molecule has 0 radical (unpaired) electrons. The number of allylic oxidation sites excluding steroid dienone is 1. The summed E-state index contributed by atoms with van der Waals surface area (Å²) in [6.07, 6.45) is 4.95. The zero-order valence-electron chi connectivity index (χ0n) is 12.0. The maximum absolute atomic E-state index is 6.13. The van der Waals surface area contributed by atoms with Crippen molar-refractivity contribution in [3.63, 3.8) is 0 Å². The summed E-state index contributed by atoms with van der Waals surface area (Å²) in [5, 5.41) is 3.02. The summed E-state index contributed by atoms with van der Waals surface area (Å²) in [6, 6.07) is 8.05. The molecule has 1 aromatic heterocycles. The quantitative estimate of drug-likeness (QED) is 0.633. The molecule has 2 aromatic rings. The lowest BCUT2D eigenvalue weighted by molar-refractivity contribution is 0.920. The van der Waals surface area contributed by atoms with E-state index in [-0.39, 0.29) is 12.4 Å². The topological polar surface area (TPSA) is 12.4 Å². The molecule has 0 fully saturated rings. The Labute approximate surface area is 140 Å². The second kappa shape index (κ2) is 6.78. The van der Waals surface area contributed by atoms with Crippen molar-refractivity contribution in [3.8, 4) is 0 Å². The van der Waals surface area contributed by atoms with Gasteiger partial charge < -0.3 is 0 Å². The van der Waals surface area contributed by atoms with E-state index in [2.05, 4.69) is 30.3 Å². The molecule has 0 spiro atoms. The molecule has 1 aromatic carbocycles. The molecule has 0 N–H and O–H groups in total. The first-order valence-corrected chi connectivity index (χ1v) is 7.95. The molecule has 1 atom stereocenters. The Hall–Kier alpha value is -1.09. The molecule has 1 aliphatic heterocycles. The van der Waals surface area contributed by atoms with Crippen molar-refractivity contribution in [1.82, 2.24) is 0 Å². The van der Waals surface area contributed by atoms with E-state index in [4.69, 9.17) is 11.6 Å². The molecule has 4 heteroatoms. The van der Waals surface area contributed by atoms with Crippen molar-refractivity contribution < 1.29 is 0 Å². The number of aryl methyl sites for hydroxylation is 1. The molecule has 0 saturated carbocycles. The maximum Gasteiger partial charge on any atom is 0.0412 e. The monoisotopic (exact) mass is 337 g/mol. The number of aliphatic imine (C=N–C) groups is 1. The van der Waals surface area contributed by atoms with E-state index in [1.54, 1.807) is 0 Å². The van der Waals surface area contributed by atoms with Crippen molar-refractivity contribution in [2.24, 2.45) is 4.99 Å². The van der Waals surface area contributed by atoms with Gasteiger partial charge in [-0.3, -0.25) is 4.99 Å². The molecule has 21 heavy (non-hydrogen) atoms. The van der Waals surface area contributed by atoms with Crippen LogP contribution in [0.15, 0.2) is 40.8 Å². The highest BCUT2D eigenvalue weighted by Gasteiger charge is 2.23. The highest BCUT2D eigenvalue weighted by atomic mass is 35.5. The predicted molar refractivity (Wildman–Crippen MR) is 96.3 cm³/mol. The fourth-order valence-electron chi connectivity index (χ4n) is 2.57. The van der Waals surface area contributed by atoms with Crippen LogP contribution in [0.25, 0.3) is 5.57 Å². The summed E-state index contributed by atoms with van der Waals surface area (Å²) >= 11 is 7.98. The van der Waals surface area contributed by atoms with Crippen LogP contribution in [0.5, 0.6) is 0 Å². The fourth-order valence-corrected chi connectivity index (χ4v) is 3.97. The normalized spacial score (nSPS) is 17.3. The van der Waals surface area contributed by atoms with Crippen LogP contribution in [0, 0.1) is 13.8 Å². The number of halogens is 2. The third-order valence-corrected chi connectivity index (χ3v) is 5.38. The Bertz CT molecular complexity index is 701. The SMILES string of the molecule is Cc1csc(C2CC=NC=C2c2cccc(Cl)c2)c1C.Cl. The largest absolute Gasteiger partial charge is 0.269 e. The van der Waals surface area contributed by atoms with Crippen molar-refractivity contribution in [2.45, 2.75) is 26.2 Å². The van der Waals surface area contributed by atoms with Crippen LogP contribution in [0.4, 0.5) is 0 Å². The first-order chi connectivity index (χ1) is 9.66. The summed E-state index contributed by atoms with van der Waals surface area (Å²) in [5.41, 5.74) is 5.21. The van der Waals surface area contributed by atoms with Gasteiger partial charge >= 0.3 is 0 Å². The van der Waals surface area contributed by atoms with Crippen molar-refractivity contribution >= 4 is 47.1 Å². The van der Waals surface area contributed by atoms with Gasteiger partial charge in [-0.05, 0) is 60.0 Å². The van der Waals surface area contributed by atoms with Crippen molar-refractivity contribution in [3.05, 3.63) is 62.4 Å². The van der Waals surface area contributed by atoms with Crippen LogP contribution in [-0.2, 0) is 0 Å². The van der Waals surface area contributed by atoms with E-state index in [1.165, 1.54) is 27.1 Å². The maximum atomic E-state index is 6.13. The molecule has 0 amide bonds. The van der Waals surface area contributed by atoms with Gasteiger partial charge in [-0.25, -0.2) is 0 Å². The number of nitrogens with zero attached hydrogens (tertiary/aromatic N) is 1. The Kier molecular flexibility index (Phi) is 5.26. The zero-order valence-corrected chi connectivity index (χ0v) is 14.4. The smallest absolute Gasteiger partial charge is 0.0412 e. The van der Waals surface area contributed by atoms with Crippen molar-refractivity contribution in [2.75, 3.05) is 0 Å². The fraction of sp³-hybridized carbons (Fsp3) is 0.235. The molecule has 1 unspecified atom stereocenters.